The molecule has 0 aliphatic rings. The van der Waals surface area contributed by atoms with Crippen LogP contribution in [-0.2, 0) is 18.6 Å². The second-order valence-corrected chi connectivity index (χ2v) is 0.849. The molecule has 0 saturated heterocycles. The van der Waals surface area contributed by atoms with Gasteiger partial charge in [0, 0.05) is 0 Å². The minimum atomic E-state index is -0.417. The van der Waals surface area contributed by atoms with E-state index < -0.39 is 6.10 Å². The maximum atomic E-state index is 7.94. The van der Waals surface area contributed by atoms with Gasteiger partial charge in [-0.2, -0.15) is 0 Å². The molecule has 0 aromatic heterocycles. The van der Waals surface area contributed by atoms with Crippen LogP contribution >= 0.6 is 0 Å². The molecule has 0 heterocycles. The minimum absolute atomic E-state index is 0. The molecule has 0 rings (SSSR count). The Morgan fingerprint density at radius 1 is 1.67 bits per heavy atom. The van der Waals surface area contributed by atoms with Crippen LogP contribution < -0.4 is 0 Å². The monoisotopic (exact) mass is 125 g/mol. The maximum Gasteiger partial charge on any atom is 2.00 e. The van der Waals surface area contributed by atoms with Crippen molar-refractivity contribution in [2.45, 2.75) is 13.0 Å². The summed E-state index contributed by atoms with van der Waals surface area (Å²) in [5.74, 6) is 0. The first-order valence-electron chi connectivity index (χ1n) is 1.24. The van der Waals surface area contributed by atoms with Crippen LogP contribution in [0, 0.1) is 14.4 Å². The first kappa shape index (κ1) is 16.0. The van der Waals surface area contributed by atoms with Gasteiger partial charge in [-0.3, -0.25) is 0 Å². The summed E-state index contributed by atoms with van der Waals surface area (Å²) in [5, 5.41) is 7.94. The fourth-order valence-electron chi connectivity index (χ4n) is 0. The van der Waals surface area contributed by atoms with Gasteiger partial charge in [0.2, 0.25) is 0 Å². The predicted octanol–water partition coefficient (Wildman–Crippen LogP) is 0.649. The molecule has 6 heavy (non-hydrogen) atoms. The smallest absolute Gasteiger partial charge is 0.426 e. The Labute approximate surface area is 51.6 Å². The third kappa shape index (κ3) is 193. The average molecular weight is 125 g/mol. The van der Waals surface area contributed by atoms with Gasteiger partial charge in [-0.05, 0) is 0 Å². The summed E-state index contributed by atoms with van der Waals surface area (Å²) in [5.41, 5.74) is 0. The molecule has 1 N–H and O–H groups in total. The molecule has 0 aromatic carbocycles. The van der Waals surface area contributed by atoms with E-state index in [1.54, 1.807) is 6.92 Å². The van der Waals surface area contributed by atoms with Crippen LogP contribution in [0.5, 0.6) is 0 Å². The van der Waals surface area contributed by atoms with Gasteiger partial charge < -0.3 is 19.5 Å². The Bertz CT molecular complexity index is 12.3. The molecular weight excluding hydrogens is 115 g/mol. The molecule has 0 aliphatic heterocycles. The van der Waals surface area contributed by atoms with E-state index in [2.05, 4.69) is 6.92 Å². The molecule has 1 radical (unpaired) electrons. The first-order valence-corrected chi connectivity index (χ1v) is 1.24. The van der Waals surface area contributed by atoms with E-state index in [0.29, 0.717) is 0 Å². The van der Waals surface area contributed by atoms with E-state index in [0.717, 1.165) is 0 Å². The van der Waals surface area contributed by atoms with Gasteiger partial charge in [0.25, 0.3) is 0 Å². The Kier molecular flexibility index (Phi) is 24.3. The van der Waals surface area contributed by atoms with Crippen LogP contribution in [0.2, 0.25) is 0 Å². The molecule has 0 bridgehead atoms. The minimum Gasteiger partial charge on any atom is -0.426 e. The van der Waals surface area contributed by atoms with E-state index >= 15 is 0 Å². The van der Waals surface area contributed by atoms with Gasteiger partial charge in [-0.15, -0.1) is 0 Å². The van der Waals surface area contributed by atoms with Gasteiger partial charge in [0.05, 0.1) is 0 Å². The average Bonchev–Trinajstić information content (AvgIpc) is 0.811. The summed E-state index contributed by atoms with van der Waals surface area (Å²) in [7, 11) is 0. The van der Waals surface area contributed by atoms with E-state index in [1.807, 2.05) is 0 Å². The zero-order valence-corrected chi connectivity index (χ0v) is 5.58. The Morgan fingerprint density at radius 2 is 1.67 bits per heavy atom. The van der Waals surface area contributed by atoms with Gasteiger partial charge >= 0.3 is 18.6 Å². The van der Waals surface area contributed by atoms with E-state index in [1.165, 1.54) is 0 Å². The largest absolute Gasteiger partial charge is 2.00 e. The van der Waals surface area contributed by atoms with Crippen molar-refractivity contribution in [2.24, 2.45) is 0 Å². The second kappa shape index (κ2) is 9.11. The zero-order valence-electron chi connectivity index (χ0n) is 4.18. The molecule has 0 aromatic rings. The predicted molar refractivity (Wildman–Crippen MR) is 23.5 cm³/mol. The van der Waals surface area contributed by atoms with E-state index in [9.17, 15) is 0 Å². The quantitative estimate of drug-likeness (QED) is 0.471. The van der Waals surface area contributed by atoms with Crippen molar-refractivity contribution in [3.8, 4) is 0 Å². The maximum absolute atomic E-state index is 7.94. The first-order chi connectivity index (χ1) is 1.73. The van der Waals surface area contributed by atoms with Crippen LogP contribution in [0.4, 0.5) is 0 Å². The van der Waals surface area contributed by atoms with Crippen LogP contribution in [0.1, 0.15) is 6.92 Å². The molecule has 1 nitrogen and oxygen atoms in total. The normalized spacial score (nSPS) is 10.5. The summed E-state index contributed by atoms with van der Waals surface area (Å²) in [6, 6.07) is 0. The Hall–Kier alpha value is 0.544. The van der Waals surface area contributed by atoms with Crippen LogP contribution in [0.25, 0.3) is 0 Å². The van der Waals surface area contributed by atoms with Crippen molar-refractivity contribution in [1.29, 1.82) is 0 Å². The van der Waals surface area contributed by atoms with Crippen molar-refractivity contribution in [3.63, 3.8) is 0 Å². The van der Waals surface area contributed by atoms with Crippen LogP contribution in [-0.4, -0.2) is 11.2 Å². The molecule has 1 unspecified atom stereocenters. The fourth-order valence-corrected chi connectivity index (χ4v) is 0. The number of rotatable bonds is 0. The van der Waals surface area contributed by atoms with Gasteiger partial charge in [0.1, 0.15) is 0 Å². The van der Waals surface area contributed by atoms with Crippen molar-refractivity contribution in [3.05, 3.63) is 14.4 Å². The standard InChI is InChI=1S/C3H7O.CH3.V/c1-3(2)4;;/h3-4H,1H2,2H3;1H3;/q2*-1;+2. The summed E-state index contributed by atoms with van der Waals surface area (Å²) in [4.78, 5) is 0. The van der Waals surface area contributed by atoms with E-state index in [4.69, 9.17) is 5.11 Å². The molecule has 37 valence electrons. The Morgan fingerprint density at radius 3 is 1.67 bits per heavy atom. The number of aliphatic hydroxyl groups excluding tert-OH is 1. The Balaban J connectivity index is -0.0000000450. The van der Waals surface area contributed by atoms with Gasteiger partial charge in [0.15, 0.2) is 0 Å². The topological polar surface area (TPSA) is 20.2 Å². The molecule has 0 fully saturated rings. The number of hydrogen-bond donors (Lipinski definition) is 1. The summed E-state index contributed by atoms with van der Waals surface area (Å²) >= 11 is 0. The third-order valence-electron chi connectivity index (χ3n) is 0. The van der Waals surface area contributed by atoms with Crippen LogP contribution in [0.3, 0.4) is 0 Å². The van der Waals surface area contributed by atoms with Crippen LogP contribution in [0.15, 0.2) is 0 Å². The SMILES string of the molecule is [CH2-]C(C)O.[CH3-].[V+2]. The third-order valence-corrected chi connectivity index (χ3v) is 0. The molecule has 0 aliphatic carbocycles. The van der Waals surface area contributed by atoms with Gasteiger partial charge in [-0.1, -0.05) is 13.0 Å². The number of hydrogen-bond acceptors (Lipinski definition) is 1. The zero-order chi connectivity index (χ0) is 3.58. The molecule has 0 saturated carbocycles. The molecule has 0 amide bonds. The fraction of sp³-hybridized carbons (Fsp3) is 0.500. The molecule has 1 atom stereocenters. The molecule has 2 heteroatoms. The van der Waals surface area contributed by atoms with Crippen molar-refractivity contribution in [2.75, 3.05) is 0 Å². The summed E-state index contributed by atoms with van der Waals surface area (Å²) in [6.07, 6.45) is -0.417. The van der Waals surface area contributed by atoms with Gasteiger partial charge in [-0.25, -0.2) is 0 Å². The van der Waals surface area contributed by atoms with Crippen molar-refractivity contribution < 1.29 is 23.7 Å². The van der Waals surface area contributed by atoms with Crippen molar-refractivity contribution >= 4 is 0 Å². The summed E-state index contributed by atoms with van der Waals surface area (Å²) in [6.45, 7) is 4.81. The summed E-state index contributed by atoms with van der Waals surface area (Å²) < 4.78 is 0. The molecule has 0 spiro atoms. The van der Waals surface area contributed by atoms with E-state index in [-0.39, 0.29) is 26.0 Å². The number of aliphatic hydroxyl groups is 1. The second-order valence-electron chi connectivity index (χ2n) is 0.849. The molecular formula is C4H10OV. The van der Waals surface area contributed by atoms with Crippen molar-refractivity contribution in [1.82, 2.24) is 0 Å².